The molecule has 0 aliphatic carbocycles. The molecule has 4 aromatic carbocycles. The predicted molar refractivity (Wildman–Crippen MR) is 535 cm³/mol. The summed E-state index contributed by atoms with van der Waals surface area (Å²) >= 11 is 39.2. The van der Waals surface area contributed by atoms with Crippen LogP contribution in [0.2, 0.25) is 30.1 Å². The predicted octanol–water partition coefficient (Wildman–Crippen LogP) is 21.1. The highest BCUT2D eigenvalue weighted by molar-refractivity contribution is 6.37. The van der Waals surface area contributed by atoms with Crippen LogP contribution >= 0.6 is 69.6 Å². The number of anilines is 4. The smallest absolute Gasteiger partial charge is 0.409 e. The molecule has 0 unspecified atom stereocenters. The summed E-state index contributed by atoms with van der Waals surface area (Å²) in [5, 5.41) is 23.3. The molecular weight excluding hydrogens is 1860 g/mol. The first-order valence-electron chi connectivity index (χ1n) is 47.7. The molecule has 0 bridgehead atoms. The molecular formula is C104H128Cl6F2N12O12. The molecule has 8 saturated heterocycles. The molecule has 32 heteroatoms. The first-order valence-corrected chi connectivity index (χ1v) is 50.0. The number of Topliss-reactive ketones (excluding diaryl/α,β-unsaturated/α-hetero) is 4. The van der Waals surface area contributed by atoms with Crippen molar-refractivity contribution in [1.29, 1.82) is 0 Å². The summed E-state index contributed by atoms with van der Waals surface area (Å²) in [4.78, 5) is 95.9. The maximum absolute atomic E-state index is 13.6. The lowest BCUT2D eigenvalue weighted by Crippen LogP contribution is -2.42. The zero-order valence-corrected chi connectivity index (χ0v) is 83.1. The number of halogens is 8. The van der Waals surface area contributed by atoms with Crippen LogP contribution < -0.4 is 31.9 Å². The highest BCUT2D eigenvalue weighted by atomic mass is 35.5. The van der Waals surface area contributed by atoms with Gasteiger partial charge < -0.3 is 70.1 Å². The first-order chi connectivity index (χ1) is 65.5. The number of methoxy groups -OCH3 is 2. The van der Waals surface area contributed by atoms with E-state index in [1.54, 1.807) is 34.6 Å². The molecule has 0 radical (unpaired) electrons. The van der Waals surface area contributed by atoms with Crippen LogP contribution in [0.15, 0.2) is 134 Å². The van der Waals surface area contributed by atoms with Gasteiger partial charge in [0.15, 0.2) is 0 Å². The third-order valence-corrected chi connectivity index (χ3v) is 28.6. The lowest BCUT2D eigenvalue weighted by molar-refractivity contribution is -0.124. The molecule has 8 aliphatic heterocycles. The van der Waals surface area contributed by atoms with Gasteiger partial charge in [-0.25, -0.2) is 18.4 Å². The van der Waals surface area contributed by atoms with Gasteiger partial charge in [0.05, 0.1) is 45.5 Å². The van der Waals surface area contributed by atoms with Crippen molar-refractivity contribution in [2.45, 2.75) is 167 Å². The third-order valence-electron chi connectivity index (χ3n) is 26.7. The van der Waals surface area contributed by atoms with Crippen molar-refractivity contribution in [3.05, 3.63) is 187 Å². The van der Waals surface area contributed by atoms with E-state index in [2.05, 4.69) is 91.7 Å². The first kappa shape index (κ1) is 105. The zero-order chi connectivity index (χ0) is 96.4. The van der Waals surface area contributed by atoms with Gasteiger partial charge in [-0.15, -0.1) is 0 Å². The van der Waals surface area contributed by atoms with E-state index < -0.39 is 24.5 Å². The van der Waals surface area contributed by atoms with E-state index >= 15 is 0 Å². The van der Waals surface area contributed by atoms with Gasteiger partial charge in [-0.2, -0.15) is 0 Å². The lowest BCUT2D eigenvalue weighted by Gasteiger charge is -2.35. The largest absolute Gasteiger partial charge is 0.453 e. The minimum absolute atomic E-state index is 0.0162. The van der Waals surface area contributed by atoms with Crippen molar-refractivity contribution in [2.24, 2.45) is 47.3 Å². The summed E-state index contributed by atoms with van der Waals surface area (Å²) in [7, 11) is 2.71. The molecule has 136 heavy (non-hydrogen) atoms. The monoisotopic (exact) mass is 1980 g/mol. The Morgan fingerprint density at radius 2 is 0.721 bits per heavy atom. The number of alkyl halides is 2. The summed E-state index contributed by atoms with van der Waals surface area (Å²) in [5.41, 5.74) is 13.1. The van der Waals surface area contributed by atoms with Crippen molar-refractivity contribution in [3.63, 3.8) is 0 Å². The second kappa shape index (κ2) is 50.9. The van der Waals surface area contributed by atoms with E-state index in [0.29, 0.717) is 129 Å². The topological polar surface area (TPSA) is 288 Å². The molecule has 6 N–H and O–H groups in total. The number of ketones is 4. The highest BCUT2D eigenvalue weighted by Gasteiger charge is 2.36. The summed E-state index contributed by atoms with van der Waals surface area (Å²) in [6, 6.07) is 35.3. The summed E-state index contributed by atoms with van der Waals surface area (Å²) in [6.07, 6.45) is 16.3. The van der Waals surface area contributed by atoms with Crippen molar-refractivity contribution in [2.75, 3.05) is 154 Å². The van der Waals surface area contributed by atoms with Crippen LogP contribution in [0.5, 0.6) is 0 Å². The Kier molecular flexibility index (Phi) is 39.2. The van der Waals surface area contributed by atoms with E-state index in [-0.39, 0.29) is 96.5 Å². The molecule has 0 saturated carbocycles. The zero-order valence-electron chi connectivity index (χ0n) is 78.5. The maximum Gasteiger partial charge on any atom is 0.409 e. The number of carbonyl (C=O) groups is 6. The number of carbonyl (C=O) groups excluding carboxylic acids is 6. The SMILES string of the molecule is COC(=O)N1CCC[C@H](C(=O)Cc2cc(-c3cc(NC[C@@H]4CCOC(C)(C)C4)ccc3Cl)c(Cl)cn2)C1.COC(=O)N1CCC[C@H](C(=O)Cc2cc(-c3cc(NC[C@H]4CCOC(C)(C)C4)ccc3Cl)c(Cl)cn2)C1.O=C(Cc1cc(-c2cccc(NCC3CCOCC3)c2)c(Cl)cn1)[C@@H]1CNC[C@H](F)C1.O=C(Cc1cc(-c2cccc(NCC3CCOCC3)c2)c(Cl)cn1)[C@H]1CNC[C@@H](F)C1. The average Bonchev–Trinajstić information content (AvgIpc) is 0.817. The van der Waals surface area contributed by atoms with Gasteiger partial charge in [0.2, 0.25) is 0 Å². The second-order valence-electron chi connectivity index (χ2n) is 38.2. The van der Waals surface area contributed by atoms with Gasteiger partial charge >= 0.3 is 12.2 Å². The third kappa shape index (κ3) is 31.1. The number of rotatable bonds is 28. The number of nitrogens with one attached hydrogen (secondary N) is 6. The normalized spacial score (nSPS) is 21.8. The highest BCUT2D eigenvalue weighted by Crippen LogP contribution is 2.41. The number of aromatic nitrogens is 4. The van der Waals surface area contributed by atoms with Crippen LogP contribution in [0.4, 0.5) is 41.1 Å². The molecule has 12 heterocycles. The van der Waals surface area contributed by atoms with Crippen LogP contribution in [0.25, 0.3) is 44.5 Å². The minimum atomic E-state index is -0.965. The van der Waals surface area contributed by atoms with Crippen LogP contribution in [0, 0.1) is 47.3 Å². The molecule has 8 aromatic rings. The second-order valence-corrected chi connectivity index (χ2v) is 40.6. The van der Waals surface area contributed by atoms with Crippen LogP contribution in [-0.4, -0.2) is 221 Å². The van der Waals surface area contributed by atoms with E-state index in [0.717, 1.165) is 210 Å². The quantitative estimate of drug-likeness (QED) is 0.0266. The van der Waals surface area contributed by atoms with Crippen molar-refractivity contribution < 1.29 is 66.0 Å². The van der Waals surface area contributed by atoms with Gasteiger partial charge in [0, 0.05) is 281 Å². The van der Waals surface area contributed by atoms with Gasteiger partial charge in [-0.1, -0.05) is 93.9 Å². The molecule has 8 aliphatic rings. The molecule has 24 nitrogen and oxygen atoms in total. The van der Waals surface area contributed by atoms with Crippen molar-refractivity contribution in [1.82, 2.24) is 40.4 Å². The number of ether oxygens (including phenoxy) is 6. The van der Waals surface area contributed by atoms with E-state index in [1.165, 1.54) is 14.2 Å². The van der Waals surface area contributed by atoms with Gasteiger partial charge in [0.25, 0.3) is 0 Å². The maximum atomic E-state index is 13.6. The Labute approximate surface area is 827 Å². The fraction of sp³-hybridized carbons (Fsp3) is 0.519. The number of piperidine rings is 4. The number of hydrogen-bond donors (Lipinski definition) is 6. The summed E-state index contributed by atoms with van der Waals surface area (Å²) in [5.74, 6) is 1.36. The summed E-state index contributed by atoms with van der Waals surface area (Å²) < 4.78 is 59.4. The Hall–Kier alpha value is -8.74. The molecule has 8 atom stereocenters. The van der Waals surface area contributed by atoms with E-state index in [1.807, 2.05) is 97.1 Å². The number of hydrogen-bond acceptors (Lipinski definition) is 22. The fourth-order valence-corrected chi connectivity index (χ4v) is 20.4. The number of benzene rings is 4. The van der Waals surface area contributed by atoms with Crippen LogP contribution in [-0.2, 0) is 73.3 Å². The molecule has 4 aromatic heterocycles. The van der Waals surface area contributed by atoms with Crippen LogP contribution in [0.1, 0.15) is 140 Å². The number of amides is 2. The average molecular weight is 1990 g/mol. The van der Waals surface area contributed by atoms with Crippen molar-refractivity contribution >= 4 is 128 Å². The molecule has 2 amide bonds. The Balaban J connectivity index is 0.000000154. The summed E-state index contributed by atoms with van der Waals surface area (Å²) in [6.45, 7) is 20.6. The fourth-order valence-electron chi connectivity index (χ4n) is 19.1. The van der Waals surface area contributed by atoms with Gasteiger partial charge in [0.1, 0.15) is 35.5 Å². The number of nitrogens with zero attached hydrogens (tertiary/aromatic N) is 6. The Morgan fingerprint density at radius 1 is 0.397 bits per heavy atom. The standard InChI is InChI=1S/2C28H35Cl2N3O4.2C24H29ClFN3O2/c2*1-28(2)14-18(8-10-37-28)15-31-20-6-7-24(29)22(11-20)23-12-21(32-16-25(23)30)13-26(34)19-5-4-9-33(17-19)27(35)36-3;2*25-23-15-29-21(11-24(30)18-8-19(26)14-27-13-18)10-22(23)17-2-1-3-20(9-17)28-12-16-4-6-31-7-5-16/h2*6-7,11-12,16,18-19,31H,4-5,8-10,13-15,17H2,1-3H3;2*1-3,9-10,15-16,18-19,27-28H,4-8,11-14H2/t18-,19+;18-,19-;2*18-,19+/m1010/s1. The molecule has 16 rings (SSSR count). The Bertz CT molecular complexity index is 5060. The number of pyridine rings is 4. The minimum Gasteiger partial charge on any atom is -0.453 e. The lowest BCUT2D eigenvalue weighted by atomic mass is 9.88. The van der Waals surface area contributed by atoms with E-state index in [4.69, 9.17) is 98.0 Å². The van der Waals surface area contributed by atoms with Gasteiger partial charge in [-0.3, -0.25) is 39.1 Å². The van der Waals surface area contributed by atoms with Crippen molar-refractivity contribution in [3.8, 4) is 44.5 Å². The molecule has 0 spiro atoms. The van der Waals surface area contributed by atoms with E-state index in [9.17, 15) is 37.5 Å². The molecule has 8 fully saturated rings. The molecule has 732 valence electrons. The Morgan fingerprint density at radius 3 is 1.07 bits per heavy atom. The van der Waals surface area contributed by atoms with Crippen LogP contribution in [0.3, 0.4) is 0 Å². The van der Waals surface area contributed by atoms with Gasteiger partial charge in [-0.05, 0) is 237 Å². The number of likely N-dealkylation sites (tertiary alicyclic amines) is 2.